The Morgan fingerprint density at radius 1 is 1.08 bits per heavy atom. The molecular weight excluding hydrogens is 334 g/mol. The van der Waals surface area contributed by atoms with Gasteiger partial charge in [-0.2, -0.15) is 0 Å². The lowest BCUT2D eigenvalue weighted by Gasteiger charge is -2.47. The van der Waals surface area contributed by atoms with Crippen LogP contribution in [-0.2, 0) is 11.3 Å². The van der Waals surface area contributed by atoms with Gasteiger partial charge in [0.25, 0.3) is 0 Å². The van der Waals surface area contributed by atoms with Crippen molar-refractivity contribution < 1.29 is 9.84 Å². The Bertz CT molecular complexity index is 747. The Morgan fingerprint density at radius 2 is 1.80 bits per heavy atom. The fourth-order valence-corrected chi connectivity index (χ4v) is 3.03. The number of hydrogen-bond acceptors (Lipinski definition) is 3. The molecule has 0 saturated carbocycles. The smallest absolute Gasteiger partial charge is 0.149 e. The lowest BCUT2D eigenvalue weighted by atomic mass is 9.93. The maximum atomic E-state index is 10.4. The average Bonchev–Trinajstić information content (AvgIpc) is 2.61. The molecule has 0 bridgehead atoms. The minimum absolute atomic E-state index is 0.257. The van der Waals surface area contributed by atoms with Crippen molar-refractivity contribution in [2.75, 3.05) is 24.0 Å². The van der Waals surface area contributed by atoms with Crippen molar-refractivity contribution in [1.29, 1.82) is 0 Å². The Labute approximate surface area is 154 Å². The summed E-state index contributed by atoms with van der Waals surface area (Å²) in [5, 5.41) is 10.4. The summed E-state index contributed by atoms with van der Waals surface area (Å²) in [5.41, 5.74) is 1.53. The van der Waals surface area contributed by atoms with Crippen LogP contribution in [0, 0.1) is 11.8 Å². The summed E-state index contributed by atoms with van der Waals surface area (Å²) in [5.74, 6) is 7.51. The second-order valence-corrected chi connectivity index (χ2v) is 6.56. The molecule has 0 spiro atoms. The van der Waals surface area contributed by atoms with Crippen LogP contribution in [0.5, 0.6) is 5.75 Å². The van der Waals surface area contributed by atoms with Crippen molar-refractivity contribution in [2.45, 2.75) is 24.9 Å². The van der Waals surface area contributed by atoms with E-state index in [2.05, 4.69) is 28.9 Å². The highest BCUT2D eigenvalue weighted by Gasteiger charge is 2.43. The van der Waals surface area contributed by atoms with Gasteiger partial charge in [0.2, 0.25) is 0 Å². The number of ether oxygens (including phenoxy) is 1. The third-order valence-corrected chi connectivity index (χ3v) is 4.58. The van der Waals surface area contributed by atoms with Crippen LogP contribution in [0.4, 0.5) is 5.69 Å². The van der Waals surface area contributed by atoms with Gasteiger partial charge in [0, 0.05) is 18.8 Å². The number of para-hydroxylation sites is 2. The quantitative estimate of drug-likeness (QED) is 0.479. The van der Waals surface area contributed by atoms with Crippen molar-refractivity contribution in [3.8, 4) is 17.6 Å². The molecule has 1 aliphatic rings. The number of halogens is 1. The molecule has 0 radical (unpaired) electrons. The molecule has 4 heteroatoms. The van der Waals surface area contributed by atoms with E-state index >= 15 is 0 Å². The van der Waals surface area contributed by atoms with E-state index in [1.807, 2.05) is 36.4 Å². The summed E-state index contributed by atoms with van der Waals surface area (Å²) < 4.78 is 5.52. The first-order valence-electron chi connectivity index (χ1n) is 8.48. The fraction of sp³-hybridized carbons (Fsp3) is 0.333. The van der Waals surface area contributed by atoms with Gasteiger partial charge in [-0.3, -0.25) is 0 Å². The van der Waals surface area contributed by atoms with E-state index in [-0.39, 0.29) is 5.75 Å². The molecule has 1 saturated heterocycles. The van der Waals surface area contributed by atoms with Gasteiger partial charge in [-0.25, -0.2) is 0 Å². The van der Waals surface area contributed by atoms with Gasteiger partial charge < -0.3 is 14.7 Å². The topological polar surface area (TPSA) is 32.7 Å². The fourth-order valence-electron chi connectivity index (χ4n) is 2.90. The van der Waals surface area contributed by atoms with E-state index in [4.69, 9.17) is 16.3 Å². The normalized spacial score (nSPS) is 14.9. The van der Waals surface area contributed by atoms with Gasteiger partial charge in [0.1, 0.15) is 11.3 Å². The highest BCUT2D eigenvalue weighted by molar-refractivity contribution is 6.17. The Kier molecular flexibility index (Phi) is 5.86. The Morgan fingerprint density at radius 3 is 2.44 bits per heavy atom. The van der Waals surface area contributed by atoms with E-state index in [0.29, 0.717) is 25.6 Å². The summed E-state index contributed by atoms with van der Waals surface area (Å²) in [4.78, 5) is 2.16. The molecule has 2 aromatic rings. The number of hydrogen-bond donors (Lipinski definition) is 1. The highest BCUT2D eigenvalue weighted by atomic mass is 35.5. The van der Waals surface area contributed by atoms with E-state index in [1.54, 1.807) is 6.07 Å². The first-order chi connectivity index (χ1) is 12.2. The molecule has 25 heavy (non-hydrogen) atoms. The molecule has 0 amide bonds. The minimum Gasteiger partial charge on any atom is -0.506 e. The van der Waals surface area contributed by atoms with Crippen molar-refractivity contribution in [1.82, 2.24) is 0 Å². The number of benzene rings is 2. The second-order valence-electron chi connectivity index (χ2n) is 6.18. The largest absolute Gasteiger partial charge is 0.506 e. The molecule has 2 aromatic carbocycles. The van der Waals surface area contributed by atoms with Crippen molar-refractivity contribution in [3.05, 3.63) is 60.2 Å². The number of nitrogens with zero attached hydrogens (tertiary/aromatic N) is 1. The number of unbranched alkanes of at least 4 members (excludes halogenated alkanes) is 1. The van der Waals surface area contributed by atoms with E-state index in [1.165, 1.54) is 5.56 Å². The first kappa shape index (κ1) is 17.7. The minimum atomic E-state index is -0.416. The summed E-state index contributed by atoms with van der Waals surface area (Å²) in [6.07, 6.45) is 1.64. The number of anilines is 1. The Balaban J connectivity index is 1.94. The molecule has 0 atom stereocenters. The van der Waals surface area contributed by atoms with E-state index in [0.717, 1.165) is 18.5 Å². The predicted molar refractivity (Wildman–Crippen MR) is 102 cm³/mol. The third kappa shape index (κ3) is 4.10. The van der Waals surface area contributed by atoms with E-state index in [9.17, 15) is 5.11 Å². The Hall–Kier alpha value is -2.15. The number of phenolic OH excluding ortho intramolecular Hbond substituents is 1. The zero-order valence-electron chi connectivity index (χ0n) is 14.1. The SMILES string of the molecule is Oc1ccccc1N(Cc1ccccc1)C1(C#CCCCCl)COC1. The van der Waals surface area contributed by atoms with Crippen LogP contribution < -0.4 is 4.90 Å². The lowest BCUT2D eigenvalue weighted by molar-refractivity contribution is -0.0282. The molecule has 0 unspecified atom stereocenters. The van der Waals surface area contributed by atoms with Crippen molar-refractivity contribution >= 4 is 17.3 Å². The third-order valence-electron chi connectivity index (χ3n) is 4.31. The number of phenols is 1. The second kappa shape index (κ2) is 8.29. The molecule has 1 fully saturated rings. The maximum absolute atomic E-state index is 10.4. The molecule has 130 valence electrons. The zero-order valence-corrected chi connectivity index (χ0v) is 14.9. The molecule has 1 N–H and O–H groups in total. The molecule has 0 aliphatic carbocycles. The summed E-state index contributed by atoms with van der Waals surface area (Å²) in [7, 11) is 0. The van der Waals surface area contributed by atoms with Crippen LogP contribution in [0.3, 0.4) is 0 Å². The average molecular weight is 356 g/mol. The molecular formula is C21H22ClNO2. The van der Waals surface area contributed by atoms with Crippen LogP contribution in [0.1, 0.15) is 18.4 Å². The standard InChI is InChI=1S/C21H22ClNO2/c22-14-8-2-7-13-21(16-25-17-21)23(15-18-9-3-1-4-10-18)19-11-5-6-12-20(19)24/h1,3-6,9-12,24H,2,8,14-17H2. The van der Waals surface area contributed by atoms with Gasteiger partial charge >= 0.3 is 0 Å². The van der Waals surface area contributed by atoms with Crippen LogP contribution in [0.2, 0.25) is 0 Å². The molecule has 1 heterocycles. The van der Waals surface area contributed by atoms with E-state index < -0.39 is 5.54 Å². The molecule has 1 aliphatic heterocycles. The molecule has 3 rings (SSSR count). The monoisotopic (exact) mass is 355 g/mol. The first-order valence-corrected chi connectivity index (χ1v) is 9.02. The van der Waals surface area contributed by atoms with Crippen LogP contribution in [-0.4, -0.2) is 29.7 Å². The van der Waals surface area contributed by atoms with Gasteiger partial charge in [0.05, 0.1) is 18.9 Å². The van der Waals surface area contributed by atoms with Gasteiger partial charge in [-0.1, -0.05) is 48.4 Å². The van der Waals surface area contributed by atoms with Gasteiger partial charge in [0.15, 0.2) is 0 Å². The van der Waals surface area contributed by atoms with Crippen molar-refractivity contribution in [2.24, 2.45) is 0 Å². The number of aromatic hydroxyl groups is 1. The molecule has 3 nitrogen and oxygen atoms in total. The summed E-state index contributed by atoms with van der Waals surface area (Å²) in [6, 6.07) is 17.6. The van der Waals surface area contributed by atoms with Gasteiger partial charge in [-0.15, -0.1) is 17.5 Å². The lowest BCUT2D eigenvalue weighted by Crippen LogP contribution is -2.61. The highest BCUT2D eigenvalue weighted by Crippen LogP contribution is 2.37. The van der Waals surface area contributed by atoms with Crippen molar-refractivity contribution in [3.63, 3.8) is 0 Å². The summed E-state index contributed by atoms with van der Waals surface area (Å²) in [6.45, 7) is 1.72. The van der Waals surface area contributed by atoms with Gasteiger partial charge in [-0.05, 0) is 24.1 Å². The van der Waals surface area contributed by atoms with Crippen LogP contribution in [0.15, 0.2) is 54.6 Å². The number of alkyl halides is 1. The van der Waals surface area contributed by atoms with Crippen LogP contribution in [0.25, 0.3) is 0 Å². The molecule has 0 aromatic heterocycles. The van der Waals surface area contributed by atoms with Crippen LogP contribution >= 0.6 is 11.6 Å². The predicted octanol–water partition coefficient (Wildman–Crippen LogP) is 4.19. The number of rotatable bonds is 6. The maximum Gasteiger partial charge on any atom is 0.149 e. The zero-order chi connectivity index (χ0) is 17.5. The summed E-state index contributed by atoms with van der Waals surface area (Å²) >= 11 is 5.75.